The first-order valence-electron chi connectivity index (χ1n) is 9.32. The summed E-state index contributed by atoms with van der Waals surface area (Å²) in [6, 6.07) is 13.2. The molecular formula is C21H22N2O6. The Morgan fingerprint density at radius 1 is 1.10 bits per heavy atom. The summed E-state index contributed by atoms with van der Waals surface area (Å²) in [6.07, 6.45) is 1.03. The molecule has 3 rings (SSSR count). The lowest BCUT2D eigenvalue weighted by atomic mass is 9.96. The molecule has 1 saturated heterocycles. The smallest absolute Gasteiger partial charge is 0.309 e. The van der Waals surface area contributed by atoms with Gasteiger partial charge in [-0.25, -0.2) is 0 Å². The van der Waals surface area contributed by atoms with E-state index in [-0.39, 0.29) is 24.0 Å². The zero-order valence-corrected chi connectivity index (χ0v) is 16.1. The van der Waals surface area contributed by atoms with Crippen LogP contribution in [-0.2, 0) is 9.53 Å². The van der Waals surface area contributed by atoms with E-state index in [1.54, 1.807) is 49.6 Å². The van der Waals surface area contributed by atoms with Crippen LogP contribution in [0.2, 0.25) is 0 Å². The second-order valence-electron chi connectivity index (χ2n) is 6.77. The van der Waals surface area contributed by atoms with Gasteiger partial charge in [0.05, 0.1) is 18.0 Å². The predicted octanol–water partition coefficient (Wildman–Crippen LogP) is 3.25. The van der Waals surface area contributed by atoms with Gasteiger partial charge in [0.2, 0.25) is 0 Å². The Morgan fingerprint density at radius 3 is 2.38 bits per heavy atom. The van der Waals surface area contributed by atoms with Crippen molar-refractivity contribution in [2.45, 2.75) is 12.8 Å². The summed E-state index contributed by atoms with van der Waals surface area (Å²) in [4.78, 5) is 37.2. The Labute approximate surface area is 168 Å². The highest BCUT2D eigenvalue weighted by Gasteiger charge is 2.29. The van der Waals surface area contributed by atoms with Crippen molar-refractivity contribution in [3.05, 3.63) is 64.2 Å². The molecule has 0 N–H and O–H groups in total. The molecule has 29 heavy (non-hydrogen) atoms. The van der Waals surface area contributed by atoms with Gasteiger partial charge in [-0.2, -0.15) is 0 Å². The number of ketones is 1. The van der Waals surface area contributed by atoms with Crippen LogP contribution >= 0.6 is 0 Å². The molecule has 152 valence electrons. The number of esters is 1. The third-order valence-corrected chi connectivity index (χ3v) is 5.00. The molecular weight excluding hydrogens is 376 g/mol. The summed E-state index contributed by atoms with van der Waals surface area (Å²) >= 11 is 0. The molecule has 0 unspecified atom stereocenters. The number of carbonyl (C=O) groups excluding carboxylic acids is 2. The number of ether oxygens (including phenoxy) is 2. The average molecular weight is 398 g/mol. The number of benzene rings is 2. The summed E-state index contributed by atoms with van der Waals surface area (Å²) in [5, 5.41) is 11.2. The number of nitrogens with zero attached hydrogens (tertiary/aromatic N) is 2. The lowest BCUT2D eigenvalue weighted by Crippen LogP contribution is -2.37. The first-order chi connectivity index (χ1) is 14.0. The van der Waals surface area contributed by atoms with Crippen molar-refractivity contribution < 1.29 is 24.0 Å². The van der Waals surface area contributed by atoms with Crippen molar-refractivity contribution in [2.75, 3.05) is 31.7 Å². The summed E-state index contributed by atoms with van der Waals surface area (Å²) in [7, 11) is 1.54. The molecule has 8 heteroatoms. The van der Waals surface area contributed by atoms with E-state index in [2.05, 4.69) is 0 Å². The van der Waals surface area contributed by atoms with Crippen LogP contribution in [-0.4, -0.2) is 43.5 Å². The minimum absolute atomic E-state index is 0.0543. The van der Waals surface area contributed by atoms with Crippen molar-refractivity contribution >= 4 is 23.1 Å². The van der Waals surface area contributed by atoms with Gasteiger partial charge in [0.25, 0.3) is 5.69 Å². The summed E-state index contributed by atoms with van der Waals surface area (Å²) in [5.41, 5.74) is 1.06. The molecule has 2 aromatic rings. The number of piperidine rings is 1. The number of rotatable bonds is 7. The fourth-order valence-corrected chi connectivity index (χ4v) is 3.36. The van der Waals surface area contributed by atoms with Crippen LogP contribution in [0.3, 0.4) is 0 Å². The largest absolute Gasteiger partial charge is 0.497 e. The summed E-state index contributed by atoms with van der Waals surface area (Å²) in [5.74, 6) is -0.367. The van der Waals surface area contributed by atoms with E-state index in [9.17, 15) is 19.7 Å². The molecule has 2 aromatic carbocycles. The Hall–Kier alpha value is -3.42. The maximum atomic E-state index is 12.3. The zero-order chi connectivity index (χ0) is 20.8. The fourth-order valence-electron chi connectivity index (χ4n) is 3.36. The fraction of sp³-hybridized carbons (Fsp3) is 0.333. The normalized spacial score (nSPS) is 14.3. The van der Waals surface area contributed by atoms with Crippen molar-refractivity contribution in [3.63, 3.8) is 0 Å². The van der Waals surface area contributed by atoms with Gasteiger partial charge in [0.15, 0.2) is 12.4 Å². The molecule has 0 aliphatic carbocycles. The molecule has 8 nitrogen and oxygen atoms in total. The maximum Gasteiger partial charge on any atom is 0.309 e. The van der Waals surface area contributed by atoms with E-state index in [1.165, 1.54) is 6.07 Å². The number of anilines is 1. The van der Waals surface area contributed by atoms with E-state index in [0.29, 0.717) is 42.9 Å². The summed E-state index contributed by atoms with van der Waals surface area (Å²) in [6.45, 7) is 0.712. The number of hydrogen-bond donors (Lipinski definition) is 0. The van der Waals surface area contributed by atoms with Gasteiger partial charge in [0, 0.05) is 24.7 Å². The van der Waals surface area contributed by atoms with Gasteiger partial charge in [-0.15, -0.1) is 0 Å². The minimum atomic E-state index is -0.408. The van der Waals surface area contributed by atoms with Crippen LogP contribution in [0.25, 0.3) is 0 Å². The van der Waals surface area contributed by atoms with Crippen LogP contribution < -0.4 is 9.64 Å². The highest BCUT2D eigenvalue weighted by atomic mass is 16.6. The van der Waals surface area contributed by atoms with Gasteiger partial charge < -0.3 is 14.4 Å². The van der Waals surface area contributed by atoms with Crippen LogP contribution in [0, 0.1) is 16.0 Å². The number of Topliss-reactive ketones (excluding diaryl/α,β-unsaturated/α-hetero) is 1. The predicted molar refractivity (Wildman–Crippen MR) is 106 cm³/mol. The number of carbonyl (C=O) groups is 2. The van der Waals surface area contributed by atoms with Crippen molar-refractivity contribution in [1.82, 2.24) is 0 Å². The number of para-hydroxylation sites is 2. The second kappa shape index (κ2) is 9.18. The Balaban J connectivity index is 1.51. The van der Waals surface area contributed by atoms with E-state index >= 15 is 0 Å². The standard InChI is InChI=1S/C21H22N2O6/c1-28-17-8-6-15(7-9-17)20(24)14-29-21(25)16-10-12-22(13-11-16)18-4-2-3-5-19(18)23(26)27/h2-9,16H,10-14H2,1H3. The molecule has 0 spiro atoms. The lowest BCUT2D eigenvalue weighted by Gasteiger charge is -2.32. The number of nitro groups is 1. The molecule has 0 atom stereocenters. The first-order valence-corrected chi connectivity index (χ1v) is 9.32. The molecule has 0 aromatic heterocycles. The number of hydrogen-bond acceptors (Lipinski definition) is 7. The molecule has 0 bridgehead atoms. The third-order valence-electron chi connectivity index (χ3n) is 5.00. The van der Waals surface area contributed by atoms with Crippen LogP contribution in [0.1, 0.15) is 23.2 Å². The van der Waals surface area contributed by atoms with Crippen molar-refractivity contribution in [1.29, 1.82) is 0 Å². The van der Waals surface area contributed by atoms with Gasteiger partial charge in [-0.1, -0.05) is 12.1 Å². The van der Waals surface area contributed by atoms with Crippen LogP contribution in [0.4, 0.5) is 11.4 Å². The van der Waals surface area contributed by atoms with Crippen LogP contribution in [0.15, 0.2) is 48.5 Å². The molecule has 1 aliphatic heterocycles. The van der Waals surface area contributed by atoms with Gasteiger partial charge in [-0.3, -0.25) is 19.7 Å². The maximum absolute atomic E-state index is 12.3. The van der Waals surface area contributed by atoms with E-state index in [0.717, 1.165) is 0 Å². The van der Waals surface area contributed by atoms with Gasteiger partial charge in [0.1, 0.15) is 11.4 Å². The first kappa shape index (κ1) is 20.3. The average Bonchev–Trinajstić information content (AvgIpc) is 2.77. The SMILES string of the molecule is COc1ccc(C(=O)COC(=O)C2CCN(c3ccccc3[N+](=O)[O-])CC2)cc1. The number of methoxy groups -OCH3 is 1. The monoisotopic (exact) mass is 398 g/mol. The molecule has 1 heterocycles. The molecule has 0 saturated carbocycles. The highest BCUT2D eigenvalue weighted by Crippen LogP contribution is 2.31. The van der Waals surface area contributed by atoms with Crippen molar-refractivity contribution in [2.24, 2.45) is 5.92 Å². The van der Waals surface area contributed by atoms with Gasteiger partial charge >= 0.3 is 5.97 Å². The van der Waals surface area contributed by atoms with E-state index < -0.39 is 10.9 Å². The molecule has 0 amide bonds. The Bertz CT molecular complexity index is 888. The van der Waals surface area contributed by atoms with Gasteiger partial charge in [-0.05, 0) is 43.2 Å². The zero-order valence-electron chi connectivity index (χ0n) is 16.1. The Kier molecular flexibility index (Phi) is 6.43. The quantitative estimate of drug-likeness (QED) is 0.305. The summed E-state index contributed by atoms with van der Waals surface area (Å²) < 4.78 is 10.3. The molecule has 1 fully saturated rings. The second-order valence-corrected chi connectivity index (χ2v) is 6.77. The molecule has 0 radical (unpaired) electrons. The Morgan fingerprint density at radius 2 is 1.76 bits per heavy atom. The van der Waals surface area contributed by atoms with E-state index in [4.69, 9.17) is 9.47 Å². The lowest BCUT2D eigenvalue weighted by molar-refractivity contribution is -0.384. The number of nitro benzene ring substituents is 1. The third kappa shape index (κ3) is 4.90. The topological polar surface area (TPSA) is 99.0 Å². The van der Waals surface area contributed by atoms with Crippen LogP contribution in [0.5, 0.6) is 5.75 Å². The minimum Gasteiger partial charge on any atom is -0.497 e. The van der Waals surface area contributed by atoms with E-state index in [1.807, 2.05) is 4.90 Å². The highest BCUT2D eigenvalue weighted by molar-refractivity contribution is 5.98. The van der Waals surface area contributed by atoms with Crippen molar-refractivity contribution in [3.8, 4) is 5.75 Å². The molecule has 1 aliphatic rings.